The summed E-state index contributed by atoms with van der Waals surface area (Å²) in [5.41, 5.74) is -2.21. The van der Waals surface area contributed by atoms with Crippen molar-refractivity contribution in [3.8, 4) is 0 Å². The molecule has 4 N–H and O–H groups in total. The number of hydrogen-bond acceptors (Lipinski definition) is 5. The van der Waals surface area contributed by atoms with E-state index < -0.39 is 20.7 Å². The third-order valence-electron chi connectivity index (χ3n) is 4.54. The van der Waals surface area contributed by atoms with Crippen LogP contribution in [-0.4, -0.2) is 32.5 Å². The van der Waals surface area contributed by atoms with Crippen molar-refractivity contribution in [2.45, 2.75) is 74.6 Å². The standard InChI is InChI=1S/C19H35NO6P2S.Na/c21-27(22,23)19(28(24,25)26)20-16-12-7-5-3-1-2-4-6-8-13-17-29-18-14-10-9-11-15-18;/h9-11,14-15,19-20H,1-8,12-13,16-17H2,(H2,21,22,23)(H2,24,25,26);/q;+1/p-1. The summed E-state index contributed by atoms with van der Waals surface area (Å²) in [6.45, 7) is 0.142. The van der Waals surface area contributed by atoms with E-state index in [1.807, 2.05) is 17.8 Å². The summed E-state index contributed by atoms with van der Waals surface area (Å²) >= 11 is 1.91. The largest absolute Gasteiger partial charge is 1.00 e. The van der Waals surface area contributed by atoms with Gasteiger partial charge in [0, 0.05) is 4.90 Å². The van der Waals surface area contributed by atoms with Gasteiger partial charge in [-0.25, -0.2) is 0 Å². The number of thioether (sulfide) groups is 1. The Morgan fingerprint density at radius 3 is 1.77 bits per heavy atom. The number of hydrogen-bond donors (Lipinski definition) is 4. The second-order valence-corrected chi connectivity index (χ2v) is 12.1. The fourth-order valence-corrected chi connectivity index (χ4v) is 6.18. The third kappa shape index (κ3) is 15.6. The van der Waals surface area contributed by atoms with E-state index in [1.54, 1.807) is 0 Å². The summed E-state index contributed by atoms with van der Waals surface area (Å²) in [5.74, 6) is 1.17. The van der Waals surface area contributed by atoms with Crippen LogP contribution in [0.25, 0.3) is 0 Å². The molecule has 0 aliphatic carbocycles. The van der Waals surface area contributed by atoms with Crippen LogP contribution < -0.4 is 39.8 Å². The minimum absolute atomic E-state index is 0. The van der Waals surface area contributed by atoms with Gasteiger partial charge in [0.15, 0.2) is 13.1 Å². The second-order valence-electron chi connectivity index (χ2n) is 7.18. The van der Waals surface area contributed by atoms with Crippen molar-refractivity contribution < 1.29 is 58.3 Å². The van der Waals surface area contributed by atoms with Crippen LogP contribution in [0.2, 0.25) is 0 Å². The molecule has 7 nitrogen and oxygen atoms in total. The van der Waals surface area contributed by atoms with Gasteiger partial charge >= 0.3 is 37.2 Å². The Kier molecular flexibility index (Phi) is 17.8. The molecule has 0 saturated heterocycles. The van der Waals surface area contributed by atoms with E-state index in [-0.39, 0.29) is 36.1 Å². The summed E-state index contributed by atoms with van der Waals surface area (Å²) in [4.78, 5) is 39.2. The fraction of sp³-hybridized carbons (Fsp3) is 0.684. The van der Waals surface area contributed by atoms with Crippen molar-refractivity contribution in [2.24, 2.45) is 0 Å². The predicted octanol–water partition coefficient (Wildman–Crippen LogP) is 1.28. The minimum atomic E-state index is -5.12. The van der Waals surface area contributed by atoms with Gasteiger partial charge < -0.3 is 24.1 Å². The molecule has 11 heteroatoms. The van der Waals surface area contributed by atoms with Crippen molar-refractivity contribution in [1.82, 2.24) is 5.32 Å². The summed E-state index contributed by atoms with van der Waals surface area (Å²) in [7, 11) is -10.1. The van der Waals surface area contributed by atoms with Gasteiger partial charge in [-0.2, -0.15) is 0 Å². The molecule has 168 valence electrons. The van der Waals surface area contributed by atoms with Gasteiger partial charge in [0.2, 0.25) is 0 Å². The van der Waals surface area contributed by atoms with Crippen molar-refractivity contribution in [3.63, 3.8) is 0 Å². The molecule has 0 aromatic heterocycles. The van der Waals surface area contributed by atoms with E-state index in [4.69, 9.17) is 14.7 Å². The van der Waals surface area contributed by atoms with Crippen LogP contribution in [0.15, 0.2) is 35.2 Å². The summed E-state index contributed by atoms with van der Waals surface area (Å²) in [6.07, 6.45) is 11.0. The number of benzene rings is 1. The first-order chi connectivity index (χ1) is 13.7. The first kappa shape index (κ1) is 30.8. The van der Waals surface area contributed by atoms with Crippen LogP contribution in [0.1, 0.15) is 64.2 Å². The molecule has 0 spiro atoms. The number of unbranched alkanes of at least 4 members (excludes halogenated alkanes) is 9. The molecule has 1 aromatic carbocycles. The van der Waals surface area contributed by atoms with Gasteiger partial charge in [-0.1, -0.05) is 69.6 Å². The SMILES string of the molecule is O=P([O-])(O)C(NCCCCCCCCCCCCSc1ccccc1)P(=O)(O)O.[Na+]. The van der Waals surface area contributed by atoms with E-state index in [1.165, 1.54) is 49.2 Å². The maximum atomic E-state index is 11.1. The van der Waals surface area contributed by atoms with E-state index in [0.29, 0.717) is 6.42 Å². The third-order valence-corrected chi connectivity index (χ3v) is 9.03. The predicted molar refractivity (Wildman–Crippen MR) is 117 cm³/mol. The van der Waals surface area contributed by atoms with Crippen molar-refractivity contribution in [3.05, 3.63) is 30.3 Å². The summed E-state index contributed by atoms with van der Waals surface area (Å²) in [5, 5.41) is 2.26. The Morgan fingerprint density at radius 1 is 0.833 bits per heavy atom. The van der Waals surface area contributed by atoms with Gasteiger partial charge in [0.1, 0.15) is 0 Å². The number of rotatable bonds is 17. The van der Waals surface area contributed by atoms with E-state index in [9.17, 15) is 14.0 Å². The van der Waals surface area contributed by atoms with Crippen LogP contribution in [-0.2, 0) is 9.13 Å². The molecule has 0 bridgehead atoms. The Hall–Kier alpha value is 0.830. The molecule has 0 saturated carbocycles. The molecular weight excluding hydrogens is 455 g/mol. The molecule has 0 aliphatic heterocycles. The molecule has 1 rings (SSSR count). The van der Waals surface area contributed by atoms with Crippen LogP contribution in [0, 0.1) is 0 Å². The Bertz CT molecular complexity index is 621. The molecule has 30 heavy (non-hydrogen) atoms. The normalized spacial score (nSPS) is 14.7. The maximum absolute atomic E-state index is 11.1. The quantitative estimate of drug-likeness (QED) is 0.111. The van der Waals surface area contributed by atoms with Crippen LogP contribution in [0.3, 0.4) is 0 Å². The van der Waals surface area contributed by atoms with Crippen molar-refractivity contribution in [1.29, 1.82) is 0 Å². The molecule has 0 amide bonds. The molecule has 2 atom stereocenters. The van der Waals surface area contributed by atoms with Crippen molar-refractivity contribution >= 4 is 27.0 Å². The summed E-state index contributed by atoms with van der Waals surface area (Å²) in [6, 6.07) is 10.5. The average Bonchev–Trinajstić information content (AvgIpc) is 2.63. The van der Waals surface area contributed by atoms with Gasteiger partial charge in [-0.15, -0.1) is 11.8 Å². The molecule has 0 radical (unpaired) electrons. The molecule has 0 aliphatic rings. The van der Waals surface area contributed by atoms with E-state index in [2.05, 4.69) is 29.6 Å². The van der Waals surface area contributed by atoms with Crippen LogP contribution in [0.5, 0.6) is 0 Å². The molecule has 0 heterocycles. The topological polar surface area (TPSA) is 130 Å². The Morgan fingerprint density at radius 2 is 1.30 bits per heavy atom. The Labute approximate surface area is 206 Å². The van der Waals surface area contributed by atoms with Gasteiger partial charge in [0.25, 0.3) is 0 Å². The first-order valence-corrected chi connectivity index (χ1v) is 14.5. The Balaban J connectivity index is 0.00000841. The fourth-order valence-electron chi connectivity index (χ4n) is 3.00. The first-order valence-electron chi connectivity index (χ1n) is 10.2. The molecule has 1 aromatic rings. The van der Waals surface area contributed by atoms with Gasteiger partial charge in [0.05, 0.1) is 0 Å². The zero-order chi connectivity index (χ0) is 21.6. The van der Waals surface area contributed by atoms with Crippen LogP contribution in [0.4, 0.5) is 0 Å². The van der Waals surface area contributed by atoms with Crippen molar-refractivity contribution in [2.75, 3.05) is 12.3 Å². The zero-order valence-electron chi connectivity index (χ0n) is 17.8. The van der Waals surface area contributed by atoms with E-state index >= 15 is 0 Å². The van der Waals surface area contributed by atoms with Gasteiger partial charge in [-0.3, -0.25) is 9.88 Å². The van der Waals surface area contributed by atoms with Crippen LogP contribution >= 0.6 is 27.0 Å². The molecular formula is C19H34NNaO6P2S. The average molecular weight is 489 g/mol. The summed E-state index contributed by atoms with van der Waals surface area (Å²) < 4.78 is 22.1. The zero-order valence-corrected chi connectivity index (χ0v) is 22.4. The molecule has 2 unspecified atom stereocenters. The molecule has 0 fully saturated rings. The second kappa shape index (κ2) is 17.3. The monoisotopic (exact) mass is 489 g/mol. The van der Waals surface area contributed by atoms with E-state index in [0.717, 1.165) is 19.3 Å². The van der Waals surface area contributed by atoms with Gasteiger partial charge in [-0.05, 0) is 37.3 Å². The minimum Gasteiger partial charge on any atom is -0.777 e. The smallest absolute Gasteiger partial charge is 0.777 e. The number of nitrogens with one attached hydrogen (secondary N) is 1. The maximum Gasteiger partial charge on any atom is 1.00 e.